The molecule has 2 aromatic rings. The van der Waals surface area contributed by atoms with Crippen molar-refractivity contribution in [2.45, 2.75) is 46.1 Å². The average molecular weight is 412 g/mol. The van der Waals surface area contributed by atoms with Crippen molar-refractivity contribution in [2.75, 3.05) is 24.3 Å². The number of nitrogens with zero attached hydrogens (tertiary/aromatic N) is 3. The second-order valence-electron chi connectivity index (χ2n) is 7.85. The van der Waals surface area contributed by atoms with Crippen LogP contribution in [0.5, 0.6) is 0 Å². The molecule has 0 saturated carbocycles. The third-order valence-electron chi connectivity index (χ3n) is 5.44. The van der Waals surface area contributed by atoms with E-state index in [0.29, 0.717) is 23.0 Å². The van der Waals surface area contributed by atoms with Gasteiger partial charge in [0.15, 0.2) is 0 Å². The molecule has 0 radical (unpaired) electrons. The van der Waals surface area contributed by atoms with Crippen LogP contribution in [0.2, 0.25) is 0 Å². The lowest BCUT2D eigenvalue weighted by atomic mass is 9.91. The van der Waals surface area contributed by atoms with E-state index in [9.17, 15) is 9.59 Å². The Labute approximate surface area is 176 Å². The van der Waals surface area contributed by atoms with Gasteiger partial charge >= 0.3 is 11.9 Å². The summed E-state index contributed by atoms with van der Waals surface area (Å²) in [6, 6.07) is 5.89. The molecule has 2 aromatic heterocycles. The predicted octanol–water partition coefficient (Wildman–Crippen LogP) is 2.84. The molecule has 0 spiro atoms. The minimum absolute atomic E-state index is 0.0514. The molecule has 0 aliphatic carbocycles. The van der Waals surface area contributed by atoms with Crippen molar-refractivity contribution >= 4 is 23.4 Å². The second kappa shape index (κ2) is 9.67. The van der Waals surface area contributed by atoms with E-state index in [1.165, 1.54) is 6.20 Å². The first-order valence-corrected chi connectivity index (χ1v) is 10.3. The van der Waals surface area contributed by atoms with Crippen LogP contribution in [-0.2, 0) is 20.7 Å². The number of amides is 1. The van der Waals surface area contributed by atoms with Crippen molar-refractivity contribution in [3.63, 3.8) is 0 Å². The molecule has 0 bridgehead atoms. The lowest BCUT2D eigenvalue weighted by molar-refractivity contribution is -0.158. The Hall–Kier alpha value is -3.00. The van der Waals surface area contributed by atoms with Gasteiger partial charge in [0.25, 0.3) is 0 Å². The number of nitrogen functional groups attached to an aromatic ring is 1. The molecule has 3 heterocycles. The maximum Gasteiger partial charge on any atom is 0.398 e. The Bertz CT molecular complexity index is 900. The zero-order valence-corrected chi connectivity index (χ0v) is 17.7. The summed E-state index contributed by atoms with van der Waals surface area (Å²) < 4.78 is 5.32. The Morgan fingerprint density at radius 3 is 2.73 bits per heavy atom. The lowest BCUT2D eigenvalue weighted by Crippen LogP contribution is -2.40. The van der Waals surface area contributed by atoms with E-state index in [1.54, 1.807) is 13.0 Å². The molecule has 1 fully saturated rings. The number of nitrogens with one attached hydrogen (secondary N) is 1. The molecular formula is C22H29N5O3. The van der Waals surface area contributed by atoms with Crippen LogP contribution in [0.4, 0.5) is 11.5 Å². The van der Waals surface area contributed by atoms with Crippen molar-refractivity contribution < 1.29 is 14.3 Å². The van der Waals surface area contributed by atoms with E-state index in [1.807, 2.05) is 12.3 Å². The maximum atomic E-state index is 12.2. The van der Waals surface area contributed by atoms with Crippen molar-refractivity contribution in [1.82, 2.24) is 14.9 Å². The normalized spacial score (nSPS) is 19.3. The largest absolute Gasteiger partial charge is 0.442 e. The summed E-state index contributed by atoms with van der Waals surface area (Å²) in [4.78, 5) is 35.0. The highest BCUT2D eigenvalue weighted by Gasteiger charge is 2.29. The Kier molecular flexibility index (Phi) is 6.99. The number of piperidine rings is 1. The highest BCUT2D eigenvalue weighted by atomic mass is 16.6. The van der Waals surface area contributed by atoms with Crippen LogP contribution in [0.15, 0.2) is 30.6 Å². The number of nitrogens with two attached hydrogens (primary N) is 1. The molecule has 2 atom stereocenters. The molecule has 1 amide bonds. The van der Waals surface area contributed by atoms with E-state index in [4.69, 9.17) is 10.5 Å². The van der Waals surface area contributed by atoms with Gasteiger partial charge in [-0.15, -0.1) is 0 Å². The van der Waals surface area contributed by atoms with E-state index in [-0.39, 0.29) is 12.8 Å². The van der Waals surface area contributed by atoms with Crippen molar-refractivity contribution in [1.29, 1.82) is 0 Å². The first kappa shape index (κ1) is 21.7. The number of carbonyl (C=O) groups excluding carboxylic acids is 2. The minimum Gasteiger partial charge on any atom is -0.442 e. The van der Waals surface area contributed by atoms with Gasteiger partial charge in [-0.1, -0.05) is 19.9 Å². The van der Waals surface area contributed by atoms with Crippen LogP contribution in [0.25, 0.3) is 0 Å². The lowest BCUT2D eigenvalue weighted by Gasteiger charge is -2.38. The van der Waals surface area contributed by atoms with Crippen LogP contribution >= 0.6 is 0 Å². The summed E-state index contributed by atoms with van der Waals surface area (Å²) in [6.45, 7) is 6.86. The SMILES string of the molecule is CCc1ccc(C2CCC(C)CN2COC(=O)C(=O)Nc2cnc(N)c(C)c2)cn1. The van der Waals surface area contributed by atoms with Crippen LogP contribution in [0.1, 0.15) is 49.6 Å². The number of aryl methyl sites for hydroxylation is 2. The summed E-state index contributed by atoms with van der Waals surface area (Å²) in [7, 11) is 0. The third-order valence-corrected chi connectivity index (χ3v) is 5.44. The van der Waals surface area contributed by atoms with E-state index in [0.717, 1.165) is 37.1 Å². The zero-order valence-electron chi connectivity index (χ0n) is 17.7. The third kappa shape index (κ3) is 5.33. The number of carbonyl (C=O) groups is 2. The van der Waals surface area contributed by atoms with Crippen molar-refractivity contribution in [3.05, 3.63) is 47.4 Å². The van der Waals surface area contributed by atoms with Gasteiger partial charge in [0.05, 0.1) is 11.9 Å². The van der Waals surface area contributed by atoms with Crippen molar-refractivity contribution in [3.8, 4) is 0 Å². The van der Waals surface area contributed by atoms with Crippen LogP contribution < -0.4 is 11.1 Å². The molecule has 160 valence electrons. The van der Waals surface area contributed by atoms with Crippen molar-refractivity contribution in [2.24, 2.45) is 5.92 Å². The molecule has 1 saturated heterocycles. The fourth-order valence-electron chi connectivity index (χ4n) is 3.65. The summed E-state index contributed by atoms with van der Waals surface area (Å²) in [5.41, 5.74) is 8.93. The number of ether oxygens (including phenoxy) is 1. The van der Waals surface area contributed by atoms with E-state index >= 15 is 0 Å². The van der Waals surface area contributed by atoms with Crippen LogP contribution in [-0.4, -0.2) is 40.0 Å². The monoisotopic (exact) mass is 411 g/mol. The summed E-state index contributed by atoms with van der Waals surface area (Å²) in [6.07, 6.45) is 6.24. The number of esters is 1. The Morgan fingerprint density at radius 2 is 2.07 bits per heavy atom. The van der Waals surface area contributed by atoms with Gasteiger partial charge < -0.3 is 15.8 Å². The second-order valence-corrected chi connectivity index (χ2v) is 7.85. The first-order chi connectivity index (χ1) is 14.4. The molecule has 1 aliphatic heterocycles. The predicted molar refractivity (Wildman–Crippen MR) is 114 cm³/mol. The highest BCUT2D eigenvalue weighted by Crippen LogP contribution is 2.32. The Morgan fingerprint density at radius 1 is 1.27 bits per heavy atom. The fraction of sp³-hybridized carbons (Fsp3) is 0.455. The Balaban J connectivity index is 1.61. The minimum atomic E-state index is -0.930. The number of aromatic nitrogens is 2. The number of pyridine rings is 2. The zero-order chi connectivity index (χ0) is 21.7. The number of likely N-dealkylation sites (tertiary alicyclic amines) is 1. The highest BCUT2D eigenvalue weighted by molar-refractivity contribution is 6.37. The van der Waals surface area contributed by atoms with Crippen LogP contribution in [0, 0.1) is 12.8 Å². The summed E-state index contributed by atoms with van der Waals surface area (Å²) in [5.74, 6) is -0.903. The molecule has 30 heavy (non-hydrogen) atoms. The molecule has 8 heteroatoms. The molecule has 3 rings (SSSR count). The van der Waals surface area contributed by atoms with Gasteiger partial charge in [0, 0.05) is 24.5 Å². The first-order valence-electron chi connectivity index (χ1n) is 10.3. The fourth-order valence-corrected chi connectivity index (χ4v) is 3.65. The quantitative estimate of drug-likeness (QED) is 0.575. The van der Waals surface area contributed by atoms with Gasteiger partial charge in [-0.05, 0) is 55.4 Å². The average Bonchev–Trinajstić information content (AvgIpc) is 2.74. The molecule has 0 aromatic carbocycles. The van der Waals surface area contributed by atoms with Gasteiger partial charge in [0.2, 0.25) is 0 Å². The molecular weight excluding hydrogens is 382 g/mol. The number of anilines is 2. The summed E-state index contributed by atoms with van der Waals surface area (Å²) in [5, 5.41) is 2.50. The van der Waals surface area contributed by atoms with Gasteiger partial charge in [0.1, 0.15) is 12.5 Å². The molecule has 1 aliphatic rings. The van der Waals surface area contributed by atoms with Gasteiger partial charge in [-0.3, -0.25) is 14.7 Å². The van der Waals surface area contributed by atoms with Crippen LogP contribution in [0.3, 0.4) is 0 Å². The van der Waals surface area contributed by atoms with E-state index in [2.05, 4.69) is 40.1 Å². The smallest absolute Gasteiger partial charge is 0.398 e. The maximum absolute atomic E-state index is 12.2. The van der Waals surface area contributed by atoms with Gasteiger partial charge in [-0.25, -0.2) is 9.78 Å². The molecule has 3 N–H and O–H groups in total. The number of hydrogen-bond donors (Lipinski definition) is 2. The van der Waals surface area contributed by atoms with E-state index < -0.39 is 11.9 Å². The molecule has 2 unspecified atom stereocenters. The number of rotatable bonds is 5. The number of hydrogen-bond acceptors (Lipinski definition) is 7. The topological polar surface area (TPSA) is 110 Å². The molecule has 8 nitrogen and oxygen atoms in total. The van der Waals surface area contributed by atoms with Gasteiger partial charge in [-0.2, -0.15) is 0 Å². The standard InChI is InChI=1S/C22H29N5O3/c1-4-17-7-6-16(10-24-17)19-8-5-14(2)12-27(19)13-30-22(29)21(28)26-18-9-15(3)20(23)25-11-18/h6-7,9-11,14,19H,4-5,8,12-13H2,1-3H3,(H2,23,25)(H,26,28). The summed E-state index contributed by atoms with van der Waals surface area (Å²) >= 11 is 0.